The molecule has 1 amide bonds. The summed E-state index contributed by atoms with van der Waals surface area (Å²) >= 11 is 6.01. The van der Waals surface area contributed by atoms with E-state index in [0.29, 0.717) is 11.8 Å². The van der Waals surface area contributed by atoms with Gasteiger partial charge < -0.3 is 10.1 Å². The number of fused-ring (bicyclic) bond motifs is 1. The lowest BCUT2D eigenvalue weighted by Gasteiger charge is -2.27. The van der Waals surface area contributed by atoms with Crippen molar-refractivity contribution in [2.45, 2.75) is 70.8 Å². The zero-order chi connectivity index (χ0) is 20.9. The van der Waals surface area contributed by atoms with Crippen molar-refractivity contribution in [2.24, 2.45) is 5.92 Å². The molecule has 160 valence electrons. The molecule has 1 atom stereocenters. The van der Waals surface area contributed by atoms with Gasteiger partial charge in [-0.25, -0.2) is 4.79 Å². The van der Waals surface area contributed by atoms with E-state index in [-0.39, 0.29) is 6.04 Å². The number of H-pyrrole nitrogens is 1. The topological polar surface area (TPSA) is 67.0 Å². The van der Waals surface area contributed by atoms with Crippen LogP contribution in [-0.4, -0.2) is 22.3 Å². The molecule has 1 aromatic carbocycles. The lowest BCUT2D eigenvalue weighted by molar-refractivity contribution is 0.184. The molecule has 2 aliphatic rings. The number of aromatic nitrogens is 2. The predicted octanol–water partition coefficient (Wildman–Crippen LogP) is 6.39. The van der Waals surface area contributed by atoms with Crippen molar-refractivity contribution in [1.29, 1.82) is 0 Å². The number of allylic oxidation sites excluding steroid dienone is 1. The molecule has 4 rings (SSSR count). The molecule has 0 aliphatic heterocycles. The van der Waals surface area contributed by atoms with Crippen LogP contribution in [0.25, 0.3) is 11.6 Å². The number of carbonyl (C=O) groups excluding carboxylic acids is 1. The molecule has 0 bridgehead atoms. The van der Waals surface area contributed by atoms with Gasteiger partial charge in [-0.05, 0) is 80.7 Å². The van der Waals surface area contributed by atoms with Crippen LogP contribution >= 0.6 is 11.6 Å². The number of nitrogens with zero attached hydrogens (tertiary/aromatic N) is 1. The van der Waals surface area contributed by atoms with E-state index >= 15 is 0 Å². The van der Waals surface area contributed by atoms with E-state index in [0.717, 1.165) is 47.5 Å². The summed E-state index contributed by atoms with van der Waals surface area (Å²) in [6.07, 6.45) is 11.9. The minimum Gasteiger partial charge on any atom is -0.389 e. The Morgan fingerprint density at radius 2 is 1.90 bits per heavy atom. The number of hydrogen-bond donors (Lipinski definition) is 2. The molecule has 6 heteroatoms. The smallest absolute Gasteiger partial charge is 0.389 e. The second-order valence-corrected chi connectivity index (χ2v) is 8.97. The second kappa shape index (κ2) is 9.69. The second-order valence-electron chi connectivity index (χ2n) is 8.53. The van der Waals surface area contributed by atoms with Gasteiger partial charge in [-0.3, -0.25) is 5.10 Å². The van der Waals surface area contributed by atoms with E-state index in [1.165, 1.54) is 37.7 Å². The van der Waals surface area contributed by atoms with E-state index in [9.17, 15) is 4.79 Å². The summed E-state index contributed by atoms with van der Waals surface area (Å²) < 4.78 is 5.65. The molecule has 0 radical (unpaired) electrons. The molecule has 2 aromatic rings. The first-order valence-corrected chi connectivity index (χ1v) is 11.5. The lowest BCUT2D eigenvalue weighted by Crippen LogP contribution is -2.40. The zero-order valence-corrected chi connectivity index (χ0v) is 18.3. The summed E-state index contributed by atoms with van der Waals surface area (Å²) in [5.41, 5.74) is 4.25. The molecular formula is C24H30ClN3O2. The molecule has 0 saturated heterocycles. The normalized spacial score (nSPS) is 19.7. The number of ether oxygens (including phenoxy) is 1. The van der Waals surface area contributed by atoms with Crippen LogP contribution in [0.2, 0.25) is 5.02 Å². The summed E-state index contributed by atoms with van der Waals surface area (Å²) in [4.78, 5) is 12.5. The van der Waals surface area contributed by atoms with Gasteiger partial charge in [0, 0.05) is 16.6 Å². The van der Waals surface area contributed by atoms with E-state index in [1.807, 2.05) is 24.3 Å². The summed E-state index contributed by atoms with van der Waals surface area (Å²) in [5, 5.41) is 11.2. The molecule has 1 heterocycles. The van der Waals surface area contributed by atoms with Crippen LogP contribution in [0.3, 0.4) is 0 Å². The summed E-state index contributed by atoms with van der Waals surface area (Å²) in [5.74, 6) is 0.943. The van der Waals surface area contributed by atoms with Crippen LogP contribution in [-0.2, 0) is 6.42 Å². The number of aromatic amines is 1. The predicted molar refractivity (Wildman–Crippen MR) is 121 cm³/mol. The minimum absolute atomic E-state index is 0.121. The minimum atomic E-state index is -0.408. The van der Waals surface area contributed by atoms with Gasteiger partial charge in [0.2, 0.25) is 5.88 Å². The monoisotopic (exact) mass is 427 g/mol. The van der Waals surface area contributed by atoms with Gasteiger partial charge in [0.25, 0.3) is 0 Å². The highest BCUT2D eigenvalue weighted by molar-refractivity contribution is 6.30. The fourth-order valence-corrected chi connectivity index (χ4v) is 4.76. The Morgan fingerprint density at radius 1 is 1.17 bits per heavy atom. The van der Waals surface area contributed by atoms with Gasteiger partial charge in [0.1, 0.15) is 0 Å². The average molecular weight is 428 g/mol. The molecule has 2 N–H and O–H groups in total. The molecule has 2 aliphatic carbocycles. The molecular weight excluding hydrogens is 398 g/mol. The Morgan fingerprint density at radius 3 is 2.67 bits per heavy atom. The molecule has 1 aromatic heterocycles. The fraction of sp³-hybridized carbons (Fsp3) is 0.500. The van der Waals surface area contributed by atoms with Crippen LogP contribution in [0, 0.1) is 5.92 Å². The van der Waals surface area contributed by atoms with Crippen molar-refractivity contribution in [1.82, 2.24) is 15.5 Å². The van der Waals surface area contributed by atoms with Crippen molar-refractivity contribution in [3.8, 4) is 5.88 Å². The first-order chi connectivity index (χ1) is 14.6. The molecule has 1 unspecified atom stereocenters. The van der Waals surface area contributed by atoms with Crippen molar-refractivity contribution >= 4 is 29.3 Å². The maximum atomic E-state index is 12.5. The van der Waals surface area contributed by atoms with E-state index in [1.54, 1.807) is 0 Å². The van der Waals surface area contributed by atoms with Gasteiger partial charge in [-0.2, -0.15) is 0 Å². The third-order valence-corrected chi connectivity index (χ3v) is 6.63. The number of benzene rings is 1. The largest absolute Gasteiger partial charge is 0.414 e. The van der Waals surface area contributed by atoms with Crippen LogP contribution in [0.4, 0.5) is 4.79 Å². The number of carbonyl (C=O) groups is 1. The third kappa shape index (κ3) is 5.07. The van der Waals surface area contributed by atoms with E-state index < -0.39 is 6.09 Å². The van der Waals surface area contributed by atoms with Crippen molar-refractivity contribution in [2.75, 3.05) is 0 Å². The van der Waals surface area contributed by atoms with Gasteiger partial charge in [-0.15, -0.1) is 5.10 Å². The quantitative estimate of drug-likeness (QED) is 0.555. The zero-order valence-electron chi connectivity index (χ0n) is 17.5. The van der Waals surface area contributed by atoms with Crippen molar-refractivity contribution in [3.05, 3.63) is 46.1 Å². The van der Waals surface area contributed by atoms with Gasteiger partial charge in [-0.1, -0.05) is 43.0 Å². The maximum absolute atomic E-state index is 12.5. The molecule has 1 fully saturated rings. The summed E-state index contributed by atoms with van der Waals surface area (Å²) in [7, 11) is 0. The number of hydrogen-bond acceptors (Lipinski definition) is 3. The van der Waals surface area contributed by atoms with Crippen LogP contribution in [0.15, 0.2) is 24.3 Å². The number of rotatable bonds is 4. The first-order valence-electron chi connectivity index (χ1n) is 11.1. The highest BCUT2D eigenvalue weighted by atomic mass is 35.5. The Kier molecular flexibility index (Phi) is 6.78. The highest BCUT2D eigenvalue weighted by Gasteiger charge is 2.25. The van der Waals surface area contributed by atoms with Gasteiger partial charge in [0.05, 0.1) is 5.69 Å². The number of amides is 1. The number of nitrogens with one attached hydrogen (secondary N) is 2. The van der Waals surface area contributed by atoms with Crippen LogP contribution < -0.4 is 10.1 Å². The lowest BCUT2D eigenvalue weighted by atomic mass is 9.85. The van der Waals surface area contributed by atoms with Crippen molar-refractivity contribution in [3.63, 3.8) is 0 Å². The maximum Gasteiger partial charge on any atom is 0.414 e. The van der Waals surface area contributed by atoms with Gasteiger partial charge in [0.15, 0.2) is 0 Å². The Bertz CT molecular complexity index is 898. The average Bonchev–Trinajstić information content (AvgIpc) is 3.03. The number of halogens is 1. The highest BCUT2D eigenvalue weighted by Crippen LogP contribution is 2.34. The molecule has 0 spiro atoms. The van der Waals surface area contributed by atoms with E-state index in [4.69, 9.17) is 16.3 Å². The van der Waals surface area contributed by atoms with E-state index in [2.05, 4.69) is 28.5 Å². The third-order valence-electron chi connectivity index (χ3n) is 6.38. The van der Waals surface area contributed by atoms with Gasteiger partial charge >= 0.3 is 6.09 Å². The first kappa shape index (κ1) is 21.0. The summed E-state index contributed by atoms with van der Waals surface area (Å²) in [6.45, 7) is 2.08. The Balaban J connectivity index is 1.47. The Labute approximate surface area is 183 Å². The standard InChI is InChI=1S/C24H30ClN3O2/c1-16(18-7-3-2-4-8-18)26-24(29)30-23-21-10-6-5-9-19(22(21)27-28-23)15-17-11-13-20(25)14-12-17/h11-16,18H,2-10H2,1H3,(H,26,29)(H,27,28)/b19-15+. The molecule has 30 heavy (non-hydrogen) atoms. The Hall–Kier alpha value is -2.27. The fourth-order valence-electron chi connectivity index (χ4n) is 4.63. The SMILES string of the molecule is CC(NC(=O)Oc1n[nH]c2c1CCCC/C2=C\c1ccc(Cl)cc1)C1CCCCC1. The molecule has 5 nitrogen and oxygen atoms in total. The summed E-state index contributed by atoms with van der Waals surface area (Å²) in [6, 6.07) is 7.92. The van der Waals surface area contributed by atoms with Crippen LogP contribution in [0.1, 0.15) is 75.1 Å². The van der Waals surface area contributed by atoms with Crippen molar-refractivity contribution < 1.29 is 9.53 Å². The molecule has 1 saturated carbocycles. The van der Waals surface area contributed by atoms with Crippen LogP contribution in [0.5, 0.6) is 5.88 Å².